The first-order valence-electron chi connectivity index (χ1n) is 3.51. The van der Waals surface area contributed by atoms with Crippen molar-refractivity contribution in [3.8, 4) is 0 Å². The topological polar surface area (TPSA) is 20.3 Å². The van der Waals surface area contributed by atoms with E-state index in [1.165, 1.54) is 0 Å². The minimum atomic E-state index is -0.00870. The van der Waals surface area contributed by atoms with E-state index in [1.54, 1.807) is 18.0 Å². The maximum Gasteiger partial charge on any atom is 0.253 e. The van der Waals surface area contributed by atoms with Gasteiger partial charge in [-0.1, -0.05) is 18.7 Å². The number of nitrogens with zero attached hydrogens (tertiary/aromatic N) is 1. The van der Waals surface area contributed by atoms with Crippen LogP contribution < -0.4 is 0 Å². The van der Waals surface area contributed by atoms with Gasteiger partial charge in [0.15, 0.2) is 0 Å². The highest BCUT2D eigenvalue weighted by Crippen LogP contribution is 2.03. The molecule has 0 radical (unpaired) electrons. The normalized spacial score (nSPS) is 15.2. The van der Waals surface area contributed by atoms with Gasteiger partial charge in [0.2, 0.25) is 0 Å². The van der Waals surface area contributed by atoms with Gasteiger partial charge in [-0.15, -0.1) is 0 Å². The lowest BCUT2D eigenvalue weighted by molar-refractivity contribution is -0.124. The maximum absolute atomic E-state index is 11.2. The number of carbonyl (C=O) groups excluding carboxylic acids is 1. The van der Waals surface area contributed by atoms with Gasteiger partial charge in [-0.25, -0.2) is 0 Å². The lowest BCUT2D eigenvalue weighted by atomic mass is 10.2. The molecule has 1 aliphatic rings. The van der Waals surface area contributed by atoms with Crippen molar-refractivity contribution >= 4 is 5.91 Å². The third-order valence-corrected chi connectivity index (χ3v) is 1.44. The molecule has 0 atom stereocenters. The average Bonchev–Trinajstić information content (AvgIpc) is 2.05. The summed E-state index contributed by atoms with van der Waals surface area (Å²) in [6, 6.07) is 0. The Morgan fingerprint density at radius 1 is 1.55 bits per heavy atom. The first-order valence-corrected chi connectivity index (χ1v) is 3.51. The molecule has 0 bridgehead atoms. The monoisotopic (exact) mass is 149 g/mol. The van der Waals surface area contributed by atoms with Gasteiger partial charge in [0.1, 0.15) is 0 Å². The Morgan fingerprint density at radius 3 is 2.73 bits per heavy atom. The number of hydrogen-bond donors (Lipinski definition) is 0. The predicted octanol–water partition coefficient (Wildman–Crippen LogP) is 1.47. The summed E-state index contributed by atoms with van der Waals surface area (Å²) in [4.78, 5) is 12.9. The molecule has 0 aliphatic carbocycles. The standard InChI is InChI=1S/C9H11NO/c1-8(2)9(11)10-6-4-3-5-7-10/h3-6H,1,7H2,2H3. The van der Waals surface area contributed by atoms with Crippen molar-refractivity contribution < 1.29 is 4.79 Å². The Balaban J connectivity index is 2.62. The van der Waals surface area contributed by atoms with Gasteiger partial charge in [0.25, 0.3) is 5.91 Å². The summed E-state index contributed by atoms with van der Waals surface area (Å²) in [5.41, 5.74) is 0.574. The van der Waals surface area contributed by atoms with E-state index in [0.717, 1.165) is 0 Å². The van der Waals surface area contributed by atoms with Crippen LogP contribution in [-0.4, -0.2) is 17.4 Å². The molecule has 0 saturated carbocycles. The van der Waals surface area contributed by atoms with E-state index in [9.17, 15) is 4.79 Å². The van der Waals surface area contributed by atoms with Crippen molar-refractivity contribution in [2.45, 2.75) is 6.92 Å². The molecule has 0 unspecified atom stereocenters. The van der Waals surface area contributed by atoms with Crippen molar-refractivity contribution in [3.05, 3.63) is 36.6 Å². The second kappa shape index (κ2) is 3.19. The van der Waals surface area contributed by atoms with E-state index in [1.807, 2.05) is 18.2 Å². The Kier molecular flexibility index (Phi) is 2.26. The zero-order valence-corrected chi connectivity index (χ0v) is 6.58. The Morgan fingerprint density at radius 2 is 2.27 bits per heavy atom. The number of allylic oxidation sites excluding steroid dienone is 2. The molecular formula is C9H11NO. The van der Waals surface area contributed by atoms with E-state index in [-0.39, 0.29) is 5.91 Å². The van der Waals surface area contributed by atoms with E-state index >= 15 is 0 Å². The molecule has 58 valence electrons. The molecule has 1 rings (SSSR count). The number of hydrogen-bond acceptors (Lipinski definition) is 1. The summed E-state index contributed by atoms with van der Waals surface area (Å²) in [7, 11) is 0. The highest BCUT2D eigenvalue weighted by molar-refractivity contribution is 5.93. The van der Waals surface area contributed by atoms with Crippen LogP contribution in [0.2, 0.25) is 0 Å². The minimum absolute atomic E-state index is 0.00870. The molecular weight excluding hydrogens is 138 g/mol. The van der Waals surface area contributed by atoms with Crippen molar-refractivity contribution in [2.75, 3.05) is 6.54 Å². The first-order chi connectivity index (χ1) is 5.22. The van der Waals surface area contributed by atoms with Gasteiger partial charge < -0.3 is 4.90 Å². The van der Waals surface area contributed by atoms with Crippen LogP contribution in [-0.2, 0) is 4.79 Å². The lowest BCUT2D eigenvalue weighted by Gasteiger charge is -2.17. The number of rotatable bonds is 1. The van der Waals surface area contributed by atoms with Crippen LogP contribution in [0.1, 0.15) is 6.92 Å². The summed E-state index contributed by atoms with van der Waals surface area (Å²) < 4.78 is 0. The van der Waals surface area contributed by atoms with Crippen LogP contribution in [0.4, 0.5) is 0 Å². The van der Waals surface area contributed by atoms with Crippen LogP contribution in [0.15, 0.2) is 36.6 Å². The molecule has 0 fully saturated rings. The molecule has 0 N–H and O–H groups in total. The van der Waals surface area contributed by atoms with Crippen LogP contribution in [0.5, 0.6) is 0 Å². The van der Waals surface area contributed by atoms with Gasteiger partial charge in [0, 0.05) is 18.3 Å². The van der Waals surface area contributed by atoms with Gasteiger partial charge in [-0.3, -0.25) is 4.79 Å². The molecule has 2 nitrogen and oxygen atoms in total. The second-order valence-electron chi connectivity index (χ2n) is 2.51. The van der Waals surface area contributed by atoms with Gasteiger partial charge >= 0.3 is 0 Å². The van der Waals surface area contributed by atoms with Crippen LogP contribution >= 0.6 is 0 Å². The Labute approximate surface area is 66.5 Å². The lowest BCUT2D eigenvalue weighted by Crippen LogP contribution is -2.27. The Hall–Kier alpha value is -1.31. The summed E-state index contributed by atoms with van der Waals surface area (Å²) in [5.74, 6) is -0.00870. The number of amides is 1. The fraction of sp³-hybridized carbons (Fsp3) is 0.222. The average molecular weight is 149 g/mol. The molecule has 0 saturated heterocycles. The van der Waals surface area contributed by atoms with E-state index in [2.05, 4.69) is 6.58 Å². The Bertz CT molecular complexity index is 238. The molecule has 0 aromatic heterocycles. The zero-order chi connectivity index (χ0) is 8.27. The van der Waals surface area contributed by atoms with Gasteiger partial charge in [0.05, 0.1) is 0 Å². The van der Waals surface area contributed by atoms with E-state index in [0.29, 0.717) is 12.1 Å². The van der Waals surface area contributed by atoms with Crippen molar-refractivity contribution in [1.29, 1.82) is 0 Å². The van der Waals surface area contributed by atoms with Gasteiger partial charge in [-0.05, 0) is 13.0 Å². The van der Waals surface area contributed by atoms with Crippen LogP contribution in [0.3, 0.4) is 0 Å². The van der Waals surface area contributed by atoms with E-state index < -0.39 is 0 Å². The minimum Gasteiger partial charge on any atom is -0.312 e. The van der Waals surface area contributed by atoms with Crippen LogP contribution in [0, 0.1) is 0 Å². The molecule has 0 spiro atoms. The molecule has 1 amide bonds. The predicted molar refractivity (Wildman–Crippen MR) is 44.8 cm³/mol. The molecule has 0 aromatic carbocycles. The van der Waals surface area contributed by atoms with Crippen molar-refractivity contribution in [2.24, 2.45) is 0 Å². The highest BCUT2D eigenvalue weighted by Gasteiger charge is 2.09. The van der Waals surface area contributed by atoms with Crippen molar-refractivity contribution in [1.82, 2.24) is 4.90 Å². The highest BCUT2D eigenvalue weighted by atomic mass is 16.2. The summed E-state index contributed by atoms with van der Waals surface area (Å²) in [5, 5.41) is 0. The second-order valence-corrected chi connectivity index (χ2v) is 2.51. The van der Waals surface area contributed by atoms with Crippen LogP contribution in [0.25, 0.3) is 0 Å². The molecule has 1 aliphatic heterocycles. The summed E-state index contributed by atoms with van der Waals surface area (Å²) in [6.07, 6.45) is 7.45. The molecule has 1 heterocycles. The largest absolute Gasteiger partial charge is 0.312 e. The molecule has 11 heavy (non-hydrogen) atoms. The molecule has 0 aromatic rings. The number of carbonyl (C=O) groups is 1. The quantitative estimate of drug-likeness (QED) is 0.517. The zero-order valence-electron chi connectivity index (χ0n) is 6.58. The van der Waals surface area contributed by atoms with Gasteiger partial charge in [-0.2, -0.15) is 0 Å². The maximum atomic E-state index is 11.2. The van der Waals surface area contributed by atoms with Crippen molar-refractivity contribution in [3.63, 3.8) is 0 Å². The summed E-state index contributed by atoms with van der Waals surface area (Å²) in [6.45, 7) is 5.95. The third-order valence-electron chi connectivity index (χ3n) is 1.44. The SMILES string of the molecule is C=C(C)C(=O)N1C=CC=CC1. The third kappa shape index (κ3) is 1.80. The fourth-order valence-electron chi connectivity index (χ4n) is 0.863. The molecule has 2 heteroatoms. The smallest absolute Gasteiger partial charge is 0.253 e. The first kappa shape index (κ1) is 7.79. The summed E-state index contributed by atoms with van der Waals surface area (Å²) >= 11 is 0. The van der Waals surface area contributed by atoms with E-state index in [4.69, 9.17) is 0 Å². The fourth-order valence-corrected chi connectivity index (χ4v) is 0.863.